The molecule has 0 saturated heterocycles. The van der Waals surface area contributed by atoms with Crippen LogP contribution < -0.4 is 18.9 Å². The molecule has 7 heteroatoms. The summed E-state index contributed by atoms with van der Waals surface area (Å²) in [7, 11) is 4.57. The minimum Gasteiger partial charge on any atom is -0.497 e. The molecule has 2 aromatic carbocycles. The minimum absolute atomic E-state index is 0.197. The van der Waals surface area contributed by atoms with Crippen molar-refractivity contribution in [3.8, 4) is 23.0 Å². The first kappa shape index (κ1) is 18.6. The lowest BCUT2D eigenvalue weighted by Crippen LogP contribution is -2.08. The first-order valence-electron chi connectivity index (χ1n) is 8.31. The van der Waals surface area contributed by atoms with Crippen LogP contribution in [0.2, 0.25) is 0 Å². The highest BCUT2D eigenvalue weighted by atomic mass is 16.6. The first-order chi connectivity index (χ1) is 12.8. The molecule has 27 heavy (non-hydrogen) atoms. The number of fused-ring (bicyclic) bond motifs is 3. The number of benzene rings is 2. The summed E-state index contributed by atoms with van der Waals surface area (Å²) in [6.45, 7) is 4.57. The molecule has 0 amide bonds. The number of aromatic nitrogens is 1. The Morgan fingerprint density at radius 3 is 2.11 bits per heavy atom. The molecule has 0 radical (unpaired) electrons. The number of carbonyl (C=O) groups excluding carboxylic acids is 2. The molecule has 0 fully saturated rings. The van der Waals surface area contributed by atoms with Crippen LogP contribution >= 0.6 is 0 Å². The second kappa shape index (κ2) is 6.83. The largest absolute Gasteiger partial charge is 0.497 e. The zero-order valence-corrected chi connectivity index (χ0v) is 16.1. The van der Waals surface area contributed by atoms with Gasteiger partial charge in [-0.25, -0.2) is 0 Å². The monoisotopic (exact) mass is 371 g/mol. The van der Waals surface area contributed by atoms with E-state index in [1.165, 1.54) is 28.1 Å². The fourth-order valence-corrected chi connectivity index (χ4v) is 3.47. The average Bonchev–Trinajstić information content (AvgIpc) is 2.95. The molecule has 1 aromatic heterocycles. The van der Waals surface area contributed by atoms with Crippen molar-refractivity contribution in [2.45, 2.75) is 20.8 Å². The van der Waals surface area contributed by atoms with E-state index in [4.69, 9.17) is 18.9 Å². The van der Waals surface area contributed by atoms with Gasteiger partial charge in [-0.3, -0.25) is 14.2 Å². The van der Waals surface area contributed by atoms with E-state index in [1.807, 2.05) is 0 Å². The minimum atomic E-state index is -0.495. The highest BCUT2D eigenvalue weighted by molar-refractivity contribution is 6.19. The van der Waals surface area contributed by atoms with E-state index in [1.54, 1.807) is 36.8 Å². The van der Waals surface area contributed by atoms with Gasteiger partial charge in [-0.2, -0.15) is 0 Å². The molecule has 0 atom stereocenters. The molecule has 0 bridgehead atoms. The lowest BCUT2D eigenvalue weighted by atomic mass is 10.1. The van der Waals surface area contributed by atoms with Gasteiger partial charge >= 0.3 is 5.97 Å². The molecule has 142 valence electrons. The van der Waals surface area contributed by atoms with Crippen LogP contribution in [0.4, 0.5) is 0 Å². The number of ether oxygens (including phenoxy) is 4. The van der Waals surface area contributed by atoms with Crippen LogP contribution in [-0.2, 0) is 4.79 Å². The Hall–Kier alpha value is -3.22. The maximum absolute atomic E-state index is 12.5. The smallest absolute Gasteiger partial charge is 0.308 e. The summed E-state index contributed by atoms with van der Waals surface area (Å²) in [6, 6.07) is 5.34. The van der Waals surface area contributed by atoms with Gasteiger partial charge in [0.15, 0.2) is 11.5 Å². The van der Waals surface area contributed by atoms with Crippen LogP contribution in [0.15, 0.2) is 18.2 Å². The van der Waals surface area contributed by atoms with Crippen LogP contribution in [0, 0.1) is 6.92 Å². The van der Waals surface area contributed by atoms with E-state index in [2.05, 4.69) is 0 Å². The summed E-state index contributed by atoms with van der Waals surface area (Å²) < 4.78 is 23.5. The lowest BCUT2D eigenvalue weighted by molar-refractivity contribution is -0.131. The molecule has 0 unspecified atom stereocenters. The average molecular weight is 371 g/mol. The fourth-order valence-electron chi connectivity index (χ4n) is 3.47. The van der Waals surface area contributed by atoms with Gasteiger partial charge in [-0.05, 0) is 25.1 Å². The molecule has 0 aliphatic heterocycles. The molecule has 3 rings (SSSR count). The van der Waals surface area contributed by atoms with Gasteiger partial charge < -0.3 is 18.9 Å². The fraction of sp³-hybridized carbons (Fsp3) is 0.300. The van der Waals surface area contributed by atoms with Gasteiger partial charge in [0.05, 0.1) is 32.2 Å². The number of hydrogen-bond donors (Lipinski definition) is 0. The summed E-state index contributed by atoms with van der Waals surface area (Å²) >= 11 is 0. The van der Waals surface area contributed by atoms with Crippen molar-refractivity contribution >= 4 is 33.7 Å². The first-order valence-corrected chi connectivity index (χ1v) is 8.31. The summed E-state index contributed by atoms with van der Waals surface area (Å²) in [6.07, 6.45) is 0. The van der Waals surface area contributed by atoms with Crippen LogP contribution in [0.5, 0.6) is 23.0 Å². The third-order valence-corrected chi connectivity index (χ3v) is 4.47. The molecule has 7 nitrogen and oxygen atoms in total. The van der Waals surface area contributed by atoms with Gasteiger partial charge in [0.2, 0.25) is 5.91 Å². The number of hydrogen-bond acceptors (Lipinski definition) is 6. The van der Waals surface area contributed by atoms with Gasteiger partial charge in [0.1, 0.15) is 17.0 Å². The van der Waals surface area contributed by atoms with Gasteiger partial charge in [-0.15, -0.1) is 0 Å². The Kier molecular flexibility index (Phi) is 4.70. The number of rotatable bonds is 4. The number of esters is 1. The van der Waals surface area contributed by atoms with E-state index in [0.29, 0.717) is 44.6 Å². The second-order valence-corrected chi connectivity index (χ2v) is 6.08. The van der Waals surface area contributed by atoms with E-state index in [0.717, 1.165) is 0 Å². The maximum Gasteiger partial charge on any atom is 0.308 e. The molecule has 0 spiro atoms. The van der Waals surface area contributed by atoms with Crippen molar-refractivity contribution in [3.63, 3.8) is 0 Å². The lowest BCUT2D eigenvalue weighted by Gasteiger charge is -2.17. The second-order valence-electron chi connectivity index (χ2n) is 6.08. The highest BCUT2D eigenvalue weighted by Gasteiger charge is 2.28. The van der Waals surface area contributed by atoms with E-state index >= 15 is 0 Å². The third kappa shape index (κ3) is 2.75. The quantitative estimate of drug-likeness (QED) is 0.514. The highest BCUT2D eigenvalue weighted by Crippen LogP contribution is 2.49. The molecule has 0 N–H and O–H groups in total. The van der Waals surface area contributed by atoms with Gasteiger partial charge in [0.25, 0.3) is 0 Å². The summed E-state index contributed by atoms with van der Waals surface area (Å²) in [5.41, 5.74) is 1.79. The molecular formula is C20H21NO6. The van der Waals surface area contributed by atoms with Gasteiger partial charge in [-0.1, -0.05) is 0 Å². The molecular weight excluding hydrogens is 350 g/mol. The maximum atomic E-state index is 12.5. The summed E-state index contributed by atoms with van der Waals surface area (Å²) in [5, 5.41) is 1.24. The Bertz CT molecular complexity index is 1080. The number of methoxy groups -OCH3 is 3. The Balaban J connectivity index is 2.68. The van der Waals surface area contributed by atoms with Gasteiger partial charge in [0, 0.05) is 24.8 Å². The van der Waals surface area contributed by atoms with Crippen molar-refractivity contribution in [2.75, 3.05) is 21.3 Å². The normalized spacial score (nSPS) is 10.9. The van der Waals surface area contributed by atoms with Crippen molar-refractivity contribution in [1.29, 1.82) is 0 Å². The molecule has 1 heterocycles. The SMILES string of the molecule is COc1ccc2c(c1)c1c(OC(C)=O)c(OC)c(C)c(OC)c1n2C(C)=O. The summed E-state index contributed by atoms with van der Waals surface area (Å²) in [4.78, 5) is 24.3. The predicted molar refractivity (Wildman–Crippen MR) is 101 cm³/mol. The van der Waals surface area contributed by atoms with Crippen LogP contribution in [0.25, 0.3) is 21.8 Å². The van der Waals surface area contributed by atoms with Crippen molar-refractivity contribution < 1.29 is 28.5 Å². The van der Waals surface area contributed by atoms with E-state index in [-0.39, 0.29) is 11.7 Å². The molecule has 0 saturated carbocycles. The Labute approximate surface area is 156 Å². The van der Waals surface area contributed by atoms with E-state index < -0.39 is 5.97 Å². The van der Waals surface area contributed by atoms with E-state index in [9.17, 15) is 9.59 Å². The van der Waals surface area contributed by atoms with Crippen molar-refractivity contribution in [2.24, 2.45) is 0 Å². The van der Waals surface area contributed by atoms with Crippen LogP contribution in [0.1, 0.15) is 24.2 Å². The zero-order valence-electron chi connectivity index (χ0n) is 16.1. The van der Waals surface area contributed by atoms with Crippen LogP contribution in [0.3, 0.4) is 0 Å². The number of nitrogens with zero attached hydrogens (tertiary/aromatic N) is 1. The topological polar surface area (TPSA) is 76.0 Å². The zero-order chi connectivity index (χ0) is 19.9. The molecule has 3 aromatic rings. The predicted octanol–water partition coefficient (Wildman–Crippen LogP) is 3.71. The molecule has 0 aliphatic carbocycles. The standard InChI is InChI=1S/C20H21NO6/c1-10-18(25-5)17-16(20(19(10)26-6)27-12(3)23)14-9-13(24-4)7-8-15(14)21(17)11(2)22/h7-9H,1-6H3. The van der Waals surface area contributed by atoms with Crippen molar-refractivity contribution in [1.82, 2.24) is 4.57 Å². The van der Waals surface area contributed by atoms with Crippen molar-refractivity contribution in [3.05, 3.63) is 23.8 Å². The number of carbonyl (C=O) groups is 2. The molecule has 0 aliphatic rings. The Morgan fingerprint density at radius 1 is 0.926 bits per heavy atom. The third-order valence-electron chi connectivity index (χ3n) is 4.47. The Morgan fingerprint density at radius 2 is 1.59 bits per heavy atom. The van der Waals surface area contributed by atoms with Crippen LogP contribution in [-0.4, -0.2) is 37.8 Å². The summed E-state index contributed by atoms with van der Waals surface area (Å²) in [5.74, 6) is 1.01.